The summed E-state index contributed by atoms with van der Waals surface area (Å²) in [5.41, 5.74) is 3.67. The zero-order valence-corrected chi connectivity index (χ0v) is 26.3. The fourth-order valence-electron chi connectivity index (χ4n) is 6.35. The van der Waals surface area contributed by atoms with Gasteiger partial charge in [0, 0.05) is 41.7 Å². The molecule has 0 unspecified atom stereocenters. The smallest absolute Gasteiger partial charge is 0.248 e. The van der Waals surface area contributed by atoms with Gasteiger partial charge in [-0.25, -0.2) is 15.0 Å². The summed E-state index contributed by atoms with van der Waals surface area (Å²) < 4.78 is 2.11. The number of aliphatic hydroxyl groups is 1. The maximum atomic E-state index is 14.0. The van der Waals surface area contributed by atoms with Crippen LogP contribution in [0.5, 0.6) is 0 Å². The number of anilines is 1. The van der Waals surface area contributed by atoms with Crippen molar-refractivity contribution in [2.24, 2.45) is 5.41 Å². The van der Waals surface area contributed by atoms with Crippen LogP contribution in [0.2, 0.25) is 0 Å². The maximum Gasteiger partial charge on any atom is 0.248 e. The molecular formula is C32H32BrN7O4. The largest absolute Gasteiger partial charge is 0.396 e. The van der Waals surface area contributed by atoms with E-state index in [1.807, 2.05) is 32.0 Å². The van der Waals surface area contributed by atoms with Crippen LogP contribution in [0.3, 0.4) is 0 Å². The minimum absolute atomic E-state index is 0.119. The summed E-state index contributed by atoms with van der Waals surface area (Å²) >= 11 is 3.36. The second-order valence-corrected chi connectivity index (χ2v) is 12.5. The van der Waals surface area contributed by atoms with Gasteiger partial charge >= 0.3 is 0 Å². The van der Waals surface area contributed by atoms with Crippen molar-refractivity contribution in [3.63, 3.8) is 0 Å². The number of aryl methyl sites for hydroxylation is 2. The van der Waals surface area contributed by atoms with Gasteiger partial charge in [0.15, 0.2) is 5.78 Å². The Morgan fingerprint density at radius 3 is 2.59 bits per heavy atom. The molecule has 44 heavy (non-hydrogen) atoms. The summed E-state index contributed by atoms with van der Waals surface area (Å²) in [6, 6.07) is 6.42. The minimum atomic E-state index is -0.797. The Bertz CT molecular complexity index is 1840. The fourth-order valence-corrected chi connectivity index (χ4v) is 6.66. The van der Waals surface area contributed by atoms with Crippen molar-refractivity contribution >= 4 is 50.2 Å². The van der Waals surface area contributed by atoms with Gasteiger partial charge in [-0.3, -0.25) is 19.1 Å². The normalized spacial score (nSPS) is 20.4. The lowest BCUT2D eigenvalue weighted by Crippen LogP contribution is -2.47. The maximum absolute atomic E-state index is 14.0. The quantitative estimate of drug-likeness (QED) is 0.155. The first-order chi connectivity index (χ1) is 21.0. The van der Waals surface area contributed by atoms with E-state index in [0.29, 0.717) is 46.4 Å². The summed E-state index contributed by atoms with van der Waals surface area (Å²) in [4.78, 5) is 55.0. The van der Waals surface area contributed by atoms with E-state index in [0.717, 1.165) is 22.3 Å². The number of allylic oxidation sites excluding steroid dienone is 1. The highest BCUT2D eigenvalue weighted by molar-refractivity contribution is 9.10. The number of hydrogen-bond donors (Lipinski definition) is 2. The average Bonchev–Trinajstić information content (AvgIpc) is 3.41. The molecule has 12 heteroatoms. The molecule has 2 amide bonds. The Hall–Kier alpha value is -4.29. The van der Waals surface area contributed by atoms with Crippen LogP contribution in [0.1, 0.15) is 47.2 Å². The van der Waals surface area contributed by atoms with Crippen molar-refractivity contribution in [3.8, 4) is 11.1 Å². The topological polar surface area (TPSA) is 143 Å². The first-order valence-corrected chi connectivity index (χ1v) is 15.1. The van der Waals surface area contributed by atoms with Crippen LogP contribution in [0.25, 0.3) is 22.0 Å². The van der Waals surface area contributed by atoms with Gasteiger partial charge in [0.2, 0.25) is 11.8 Å². The summed E-state index contributed by atoms with van der Waals surface area (Å²) in [5.74, 6) is 0.137. The number of ketones is 1. The number of likely N-dealkylation sites (tertiary alicyclic amines) is 1. The number of halogens is 1. The molecule has 4 aromatic rings. The number of carbonyl (C=O) groups excluding carboxylic acids is 3. The molecule has 2 N–H and O–H groups in total. The van der Waals surface area contributed by atoms with Crippen molar-refractivity contribution in [1.29, 1.82) is 0 Å². The lowest BCUT2D eigenvalue weighted by Gasteiger charge is -2.27. The van der Waals surface area contributed by atoms with E-state index in [2.05, 4.69) is 47.9 Å². The Morgan fingerprint density at radius 1 is 1.16 bits per heavy atom. The highest BCUT2D eigenvalue weighted by Crippen LogP contribution is 2.59. The molecule has 1 aliphatic heterocycles. The number of carbonyl (C=O) groups is 3. The third-order valence-corrected chi connectivity index (χ3v) is 9.08. The Kier molecular flexibility index (Phi) is 7.66. The molecule has 2 fully saturated rings. The molecule has 4 heterocycles. The van der Waals surface area contributed by atoms with Crippen molar-refractivity contribution in [3.05, 3.63) is 76.6 Å². The monoisotopic (exact) mass is 657 g/mol. The number of Topliss-reactive ketones (excluding diaryl/α,β-unsaturated/α-hetero) is 1. The van der Waals surface area contributed by atoms with Crippen LogP contribution in [0.4, 0.5) is 5.82 Å². The van der Waals surface area contributed by atoms with Gasteiger partial charge in [-0.05, 0) is 83.9 Å². The number of aliphatic hydroxyl groups excluding tert-OH is 1. The van der Waals surface area contributed by atoms with Crippen molar-refractivity contribution in [2.45, 2.75) is 58.7 Å². The van der Waals surface area contributed by atoms with E-state index in [9.17, 15) is 19.5 Å². The van der Waals surface area contributed by atoms with Gasteiger partial charge in [-0.2, -0.15) is 5.10 Å². The number of fused-ring (bicyclic) bond motifs is 2. The molecule has 11 nitrogen and oxygen atoms in total. The highest BCUT2D eigenvalue weighted by atomic mass is 79.9. The van der Waals surface area contributed by atoms with Gasteiger partial charge in [-0.15, -0.1) is 6.58 Å². The number of hydrogen-bond acceptors (Lipinski definition) is 8. The number of aromatic nitrogens is 5. The summed E-state index contributed by atoms with van der Waals surface area (Å²) in [6.45, 7) is 8.66. The Labute approximate surface area is 262 Å². The van der Waals surface area contributed by atoms with Gasteiger partial charge < -0.3 is 15.3 Å². The van der Waals surface area contributed by atoms with Gasteiger partial charge in [0.05, 0.1) is 12.1 Å². The summed E-state index contributed by atoms with van der Waals surface area (Å²) in [7, 11) is 0. The molecule has 2 aliphatic rings. The van der Waals surface area contributed by atoms with E-state index in [4.69, 9.17) is 0 Å². The molecule has 1 aliphatic carbocycles. The molecule has 1 saturated heterocycles. The van der Waals surface area contributed by atoms with Crippen molar-refractivity contribution in [1.82, 2.24) is 29.6 Å². The molecule has 1 saturated carbocycles. The minimum Gasteiger partial charge on any atom is -0.396 e. The van der Waals surface area contributed by atoms with E-state index in [1.54, 1.807) is 34.1 Å². The molecule has 226 valence electrons. The second kappa shape index (κ2) is 11.3. The molecule has 3 aromatic heterocycles. The molecule has 0 radical (unpaired) electrons. The van der Waals surface area contributed by atoms with Crippen LogP contribution in [0.15, 0.2) is 53.9 Å². The van der Waals surface area contributed by atoms with E-state index >= 15 is 0 Å². The van der Waals surface area contributed by atoms with Crippen molar-refractivity contribution < 1.29 is 19.5 Å². The molecular weight excluding hydrogens is 626 g/mol. The third-order valence-electron chi connectivity index (χ3n) is 8.64. The Morgan fingerprint density at radius 2 is 1.91 bits per heavy atom. The van der Waals surface area contributed by atoms with Gasteiger partial charge in [0.25, 0.3) is 0 Å². The fraction of sp³-hybridized carbons (Fsp3) is 0.344. The molecule has 3 atom stereocenters. The third kappa shape index (κ3) is 5.22. The second-order valence-electron chi connectivity index (χ2n) is 11.7. The van der Waals surface area contributed by atoms with Crippen LogP contribution in [0, 0.1) is 19.3 Å². The standard InChI is InChI=1S/C32H32BrN7O4/c1-5-6-20-7-8-26(33)36-30(20)37-31(44)24-11-32(16-41)12-25(32)40(24)27(43)15-39-29-17(2)9-21(22-13-34-19(4)35-14-22)10-23(29)28(38-39)18(3)42/h5,7-10,13-14,24-25,41H,1,6,11-12,15-16H2,2-4H3,(H,36,37,44)/t24-,25+,32-/m0/s1. The van der Waals surface area contributed by atoms with Gasteiger partial charge in [-0.1, -0.05) is 12.1 Å². The number of piperidine rings is 1. The average molecular weight is 659 g/mol. The van der Waals surface area contributed by atoms with Crippen LogP contribution in [-0.2, 0) is 22.6 Å². The first kappa shape index (κ1) is 29.8. The number of nitrogens with one attached hydrogen (secondary N) is 1. The number of rotatable bonds is 9. The molecule has 6 rings (SSSR count). The lowest BCUT2D eigenvalue weighted by atomic mass is 10.00. The van der Waals surface area contributed by atoms with Crippen LogP contribution in [-0.4, -0.2) is 71.0 Å². The van der Waals surface area contributed by atoms with Crippen molar-refractivity contribution in [2.75, 3.05) is 11.9 Å². The number of benzene rings is 1. The van der Waals surface area contributed by atoms with Crippen LogP contribution < -0.4 is 5.32 Å². The zero-order valence-electron chi connectivity index (χ0n) is 24.7. The summed E-state index contributed by atoms with van der Waals surface area (Å²) in [5, 5.41) is 18.3. The molecule has 0 bridgehead atoms. The SMILES string of the molecule is C=CCc1ccc(Br)nc1NC(=O)[C@@H]1C[C@@]2(CO)C[C@H]2N1C(=O)Cn1nc(C(C)=O)c2cc(-c3cnc(C)nc3)cc(C)c21. The highest BCUT2D eigenvalue weighted by Gasteiger charge is 2.67. The predicted octanol–water partition coefficient (Wildman–Crippen LogP) is 4.19. The van der Waals surface area contributed by atoms with E-state index in [-0.39, 0.29) is 42.5 Å². The number of nitrogens with zero attached hydrogens (tertiary/aromatic N) is 6. The van der Waals surface area contributed by atoms with Gasteiger partial charge in [0.1, 0.15) is 34.5 Å². The Balaban J connectivity index is 1.32. The summed E-state index contributed by atoms with van der Waals surface area (Å²) in [6.07, 6.45) is 6.66. The number of pyridine rings is 1. The predicted molar refractivity (Wildman–Crippen MR) is 168 cm³/mol. The first-order valence-electron chi connectivity index (χ1n) is 14.4. The van der Waals surface area contributed by atoms with Crippen LogP contribution >= 0.6 is 15.9 Å². The molecule has 0 spiro atoms. The van der Waals surface area contributed by atoms with E-state index < -0.39 is 11.5 Å². The van der Waals surface area contributed by atoms with E-state index in [1.165, 1.54) is 6.92 Å². The lowest BCUT2D eigenvalue weighted by molar-refractivity contribution is -0.138. The molecule has 1 aromatic carbocycles. The number of amides is 2. The zero-order chi connectivity index (χ0) is 31.3.